The van der Waals surface area contributed by atoms with Gasteiger partial charge < -0.3 is 20.3 Å². The SMILES string of the molecule is CCCCCCCCCCCCCCCCCCC/C=C/C(O)C(CO)NC(=O)CCCCCCCCCCCCCCC/C=C\CCCCCCCCCCCCCCOC(=O)CCCCCCCCCCCCC. The van der Waals surface area contributed by atoms with Crippen LogP contribution in [0.4, 0.5) is 0 Å². The number of ether oxygens (including phenoxy) is 1. The second-order valence-electron chi connectivity index (χ2n) is 23.9. The Labute approximate surface area is 475 Å². The van der Waals surface area contributed by atoms with E-state index in [-0.39, 0.29) is 18.5 Å². The van der Waals surface area contributed by atoms with Gasteiger partial charge in [-0.3, -0.25) is 9.59 Å². The Kier molecular flexibility index (Phi) is 64.4. The summed E-state index contributed by atoms with van der Waals surface area (Å²) in [4.78, 5) is 24.5. The first-order valence-corrected chi connectivity index (χ1v) is 34.6. The number of rotatable bonds is 65. The fourth-order valence-corrected chi connectivity index (χ4v) is 10.9. The Hall–Kier alpha value is -1.66. The summed E-state index contributed by atoms with van der Waals surface area (Å²) in [6, 6.07) is -0.627. The molecule has 0 aromatic rings. The van der Waals surface area contributed by atoms with Crippen LogP contribution in [0.5, 0.6) is 0 Å². The van der Waals surface area contributed by atoms with Gasteiger partial charge in [0.15, 0.2) is 0 Å². The van der Waals surface area contributed by atoms with Crippen molar-refractivity contribution in [1.29, 1.82) is 0 Å². The summed E-state index contributed by atoms with van der Waals surface area (Å²) in [5.41, 5.74) is 0. The van der Waals surface area contributed by atoms with E-state index in [4.69, 9.17) is 4.74 Å². The number of aliphatic hydroxyl groups excluding tert-OH is 2. The van der Waals surface area contributed by atoms with Gasteiger partial charge in [-0.25, -0.2) is 0 Å². The van der Waals surface area contributed by atoms with E-state index in [0.29, 0.717) is 19.4 Å². The first-order valence-electron chi connectivity index (χ1n) is 34.6. The highest BCUT2D eigenvalue weighted by Crippen LogP contribution is 2.18. The van der Waals surface area contributed by atoms with Crippen LogP contribution in [0.25, 0.3) is 0 Å². The molecule has 1 amide bonds. The summed E-state index contributed by atoms with van der Waals surface area (Å²) in [7, 11) is 0. The predicted octanol–water partition coefficient (Wildman–Crippen LogP) is 22.1. The molecule has 450 valence electrons. The van der Waals surface area contributed by atoms with E-state index in [2.05, 4.69) is 31.3 Å². The van der Waals surface area contributed by atoms with Gasteiger partial charge in [0.2, 0.25) is 5.91 Å². The van der Waals surface area contributed by atoms with E-state index in [1.807, 2.05) is 6.08 Å². The molecule has 0 aromatic heterocycles. The predicted molar refractivity (Wildman–Crippen MR) is 333 cm³/mol. The second-order valence-corrected chi connectivity index (χ2v) is 23.9. The molecule has 0 aliphatic carbocycles. The number of carbonyl (C=O) groups excluding carboxylic acids is 2. The van der Waals surface area contributed by atoms with Crippen molar-refractivity contribution < 1.29 is 24.5 Å². The fraction of sp³-hybridized carbons (Fsp3) is 0.914. The monoisotopic (exact) mass is 1070 g/mol. The van der Waals surface area contributed by atoms with Gasteiger partial charge in [0.1, 0.15) is 0 Å². The average molecular weight is 1070 g/mol. The Morgan fingerprint density at radius 2 is 0.618 bits per heavy atom. The molecule has 0 bridgehead atoms. The zero-order chi connectivity index (χ0) is 55.0. The molecular formula is C70H135NO5. The highest BCUT2D eigenvalue weighted by Gasteiger charge is 2.18. The molecule has 3 N–H and O–H groups in total. The second kappa shape index (κ2) is 65.9. The van der Waals surface area contributed by atoms with Crippen LogP contribution in [0.2, 0.25) is 0 Å². The van der Waals surface area contributed by atoms with Crippen molar-refractivity contribution in [2.75, 3.05) is 13.2 Å². The van der Waals surface area contributed by atoms with E-state index < -0.39 is 12.1 Å². The molecule has 0 saturated heterocycles. The minimum atomic E-state index is -0.844. The number of aliphatic hydroxyl groups is 2. The summed E-state index contributed by atoms with van der Waals surface area (Å²) in [6.45, 7) is 4.94. The highest BCUT2D eigenvalue weighted by atomic mass is 16.5. The summed E-state index contributed by atoms with van der Waals surface area (Å²) >= 11 is 0. The van der Waals surface area contributed by atoms with E-state index in [1.165, 1.54) is 321 Å². The third kappa shape index (κ3) is 61.6. The van der Waals surface area contributed by atoms with Crippen LogP contribution < -0.4 is 5.32 Å². The van der Waals surface area contributed by atoms with Crippen LogP contribution >= 0.6 is 0 Å². The molecule has 0 fully saturated rings. The number of amides is 1. The number of hydrogen-bond donors (Lipinski definition) is 3. The third-order valence-corrected chi connectivity index (χ3v) is 16.2. The molecule has 6 heteroatoms. The zero-order valence-electron chi connectivity index (χ0n) is 51.5. The van der Waals surface area contributed by atoms with Crippen molar-refractivity contribution in [3.8, 4) is 0 Å². The molecule has 6 nitrogen and oxygen atoms in total. The number of hydrogen-bond acceptors (Lipinski definition) is 5. The van der Waals surface area contributed by atoms with Gasteiger partial charge in [0.25, 0.3) is 0 Å². The standard InChI is InChI=1S/C70H135NO5/c1-3-5-7-9-11-13-15-16-17-18-30-33-36-39-43-46-50-54-58-62-68(73)67(66-72)71-69(74)63-59-55-51-47-44-40-37-34-31-28-26-24-22-20-19-21-23-25-27-29-32-35-38-41-45-49-53-57-61-65-76-70(75)64-60-56-52-48-42-14-12-10-8-6-4-2/h19,21,58,62,67-68,72-73H,3-18,20,22-57,59-61,63-66H2,1-2H3,(H,71,74)/b21-19-,62-58+. The van der Waals surface area contributed by atoms with Crippen molar-refractivity contribution in [3.63, 3.8) is 0 Å². The highest BCUT2D eigenvalue weighted by molar-refractivity contribution is 5.76. The maximum absolute atomic E-state index is 12.5. The Bertz CT molecular complexity index is 1190. The summed E-state index contributed by atoms with van der Waals surface area (Å²) in [6.07, 6.45) is 82.5. The number of allylic oxidation sites excluding steroid dienone is 3. The van der Waals surface area contributed by atoms with E-state index in [9.17, 15) is 19.8 Å². The average Bonchev–Trinajstić information content (AvgIpc) is 3.42. The van der Waals surface area contributed by atoms with E-state index in [1.54, 1.807) is 6.08 Å². The lowest BCUT2D eigenvalue weighted by molar-refractivity contribution is -0.143. The molecule has 0 aliphatic rings. The quantitative estimate of drug-likeness (QED) is 0.0320. The van der Waals surface area contributed by atoms with Gasteiger partial charge in [-0.15, -0.1) is 0 Å². The lowest BCUT2D eigenvalue weighted by atomic mass is 10.0. The van der Waals surface area contributed by atoms with Gasteiger partial charge in [-0.2, -0.15) is 0 Å². The van der Waals surface area contributed by atoms with Gasteiger partial charge in [0, 0.05) is 12.8 Å². The lowest BCUT2D eigenvalue weighted by Crippen LogP contribution is -2.45. The van der Waals surface area contributed by atoms with E-state index >= 15 is 0 Å². The smallest absolute Gasteiger partial charge is 0.305 e. The lowest BCUT2D eigenvalue weighted by Gasteiger charge is -2.20. The number of esters is 1. The summed E-state index contributed by atoms with van der Waals surface area (Å²) < 4.78 is 5.47. The molecule has 2 unspecified atom stereocenters. The number of nitrogens with one attached hydrogen (secondary N) is 1. The van der Waals surface area contributed by atoms with Gasteiger partial charge in [0.05, 0.1) is 25.4 Å². The van der Waals surface area contributed by atoms with E-state index in [0.717, 1.165) is 38.5 Å². The normalized spacial score (nSPS) is 12.6. The maximum Gasteiger partial charge on any atom is 0.305 e. The van der Waals surface area contributed by atoms with Crippen LogP contribution in [0, 0.1) is 0 Å². The molecule has 76 heavy (non-hydrogen) atoms. The molecule has 0 aromatic carbocycles. The van der Waals surface area contributed by atoms with Crippen molar-refractivity contribution in [2.45, 2.75) is 398 Å². The third-order valence-electron chi connectivity index (χ3n) is 16.2. The molecule has 0 rings (SSSR count). The Balaban J connectivity index is 3.40. The van der Waals surface area contributed by atoms with Crippen molar-refractivity contribution >= 4 is 11.9 Å². The number of carbonyl (C=O) groups is 2. The van der Waals surface area contributed by atoms with Crippen LogP contribution in [0.15, 0.2) is 24.3 Å². The number of unbranched alkanes of at least 4 members (excludes halogenated alkanes) is 52. The van der Waals surface area contributed by atoms with Crippen LogP contribution in [-0.2, 0) is 14.3 Å². The minimum Gasteiger partial charge on any atom is -0.466 e. The zero-order valence-corrected chi connectivity index (χ0v) is 51.5. The minimum absolute atomic E-state index is 0.0164. The van der Waals surface area contributed by atoms with Crippen molar-refractivity contribution in [2.24, 2.45) is 0 Å². The summed E-state index contributed by atoms with van der Waals surface area (Å²) in [5, 5.41) is 23.2. The van der Waals surface area contributed by atoms with Crippen molar-refractivity contribution in [3.05, 3.63) is 24.3 Å². The first kappa shape index (κ1) is 74.3. The van der Waals surface area contributed by atoms with Gasteiger partial charge >= 0.3 is 5.97 Å². The van der Waals surface area contributed by atoms with Crippen molar-refractivity contribution in [1.82, 2.24) is 5.32 Å². The molecule has 0 saturated carbocycles. The van der Waals surface area contributed by atoms with Crippen LogP contribution in [-0.4, -0.2) is 47.4 Å². The van der Waals surface area contributed by atoms with Gasteiger partial charge in [-0.05, 0) is 57.8 Å². The molecule has 0 radical (unpaired) electrons. The fourth-order valence-electron chi connectivity index (χ4n) is 10.9. The molecule has 0 heterocycles. The van der Waals surface area contributed by atoms with Gasteiger partial charge in [-0.1, -0.05) is 340 Å². The first-order chi connectivity index (χ1) is 37.5. The molecule has 0 aliphatic heterocycles. The largest absolute Gasteiger partial charge is 0.466 e. The molecular weight excluding hydrogens is 935 g/mol. The Morgan fingerprint density at radius 3 is 0.934 bits per heavy atom. The Morgan fingerprint density at radius 1 is 0.355 bits per heavy atom. The molecule has 0 spiro atoms. The van der Waals surface area contributed by atoms with Crippen LogP contribution in [0.3, 0.4) is 0 Å². The molecule has 2 atom stereocenters. The maximum atomic E-state index is 12.5. The van der Waals surface area contributed by atoms with Crippen LogP contribution in [0.1, 0.15) is 386 Å². The topological polar surface area (TPSA) is 95.9 Å². The summed E-state index contributed by atoms with van der Waals surface area (Å²) in [5.74, 6) is -0.0472.